The van der Waals surface area contributed by atoms with Gasteiger partial charge in [-0.15, -0.1) is 0 Å². The monoisotopic (exact) mass is 484 g/mol. The zero-order chi connectivity index (χ0) is 25.7. The Morgan fingerprint density at radius 1 is 0.829 bits per heavy atom. The van der Waals surface area contributed by atoms with E-state index in [9.17, 15) is 19.2 Å². The highest BCUT2D eigenvalue weighted by molar-refractivity contribution is 5.84. The van der Waals surface area contributed by atoms with Crippen molar-refractivity contribution in [1.82, 2.24) is 10.6 Å². The summed E-state index contributed by atoms with van der Waals surface area (Å²) in [5.41, 5.74) is 0.848. The van der Waals surface area contributed by atoms with Gasteiger partial charge in [-0.05, 0) is 38.3 Å². The summed E-state index contributed by atoms with van der Waals surface area (Å²) in [6.07, 6.45) is -0.978. The molecule has 0 heterocycles. The summed E-state index contributed by atoms with van der Waals surface area (Å²) in [4.78, 5) is 48.9. The smallest absolute Gasteiger partial charge is 0.408 e. The van der Waals surface area contributed by atoms with E-state index in [2.05, 4.69) is 10.6 Å². The molecule has 1 atom stereocenters. The number of hydrogen-bond acceptors (Lipinski definition) is 7. The van der Waals surface area contributed by atoms with Crippen LogP contribution in [0.5, 0.6) is 0 Å². The molecule has 2 rings (SSSR count). The highest BCUT2D eigenvalue weighted by atomic mass is 16.6. The van der Waals surface area contributed by atoms with Crippen molar-refractivity contribution in [2.75, 3.05) is 6.54 Å². The average Bonchev–Trinajstić information content (AvgIpc) is 2.82. The fourth-order valence-electron chi connectivity index (χ4n) is 2.85. The Balaban J connectivity index is 1.83. The topological polar surface area (TPSA) is 120 Å². The summed E-state index contributed by atoms with van der Waals surface area (Å²) in [6, 6.07) is 17.1. The van der Waals surface area contributed by atoms with Gasteiger partial charge >= 0.3 is 18.0 Å². The van der Waals surface area contributed by atoms with Crippen LogP contribution in [0.1, 0.15) is 44.7 Å². The third kappa shape index (κ3) is 11.7. The van der Waals surface area contributed by atoms with Crippen LogP contribution in [0.4, 0.5) is 4.79 Å². The number of rotatable bonds is 11. The molecule has 0 aliphatic rings. The molecular weight excluding hydrogens is 452 g/mol. The number of hydrogen-bond donors (Lipinski definition) is 2. The Hall–Kier alpha value is -3.88. The number of ether oxygens (including phenoxy) is 3. The second-order valence-corrected chi connectivity index (χ2v) is 8.75. The first kappa shape index (κ1) is 27.4. The predicted octanol–water partition coefficient (Wildman–Crippen LogP) is 3.26. The Morgan fingerprint density at radius 3 is 1.91 bits per heavy atom. The zero-order valence-corrected chi connectivity index (χ0v) is 20.2. The first-order chi connectivity index (χ1) is 16.6. The maximum Gasteiger partial charge on any atom is 0.408 e. The molecule has 0 radical (unpaired) electrons. The number of esters is 2. The molecule has 0 spiro atoms. The second-order valence-electron chi connectivity index (χ2n) is 8.75. The van der Waals surface area contributed by atoms with Crippen molar-refractivity contribution >= 4 is 23.9 Å². The fourth-order valence-corrected chi connectivity index (χ4v) is 2.85. The van der Waals surface area contributed by atoms with Gasteiger partial charge in [0.1, 0.15) is 31.4 Å². The first-order valence-electron chi connectivity index (χ1n) is 11.3. The maximum absolute atomic E-state index is 12.6. The van der Waals surface area contributed by atoms with Gasteiger partial charge in [-0.1, -0.05) is 60.7 Å². The van der Waals surface area contributed by atoms with Crippen LogP contribution in [0.15, 0.2) is 60.7 Å². The van der Waals surface area contributed by atoms with E-state index in [1.54, 1.807) is 32.9 Å². The molecule has 0 aliphatic carbocycles. The van der Waals surface area contributed by atoms with Gasteiger partial charge in [0.05, 0.1) is 0 Å². The molecule has 2 N–H and O–H groups in total. The van der Waals surface area contributed by atoms with E-state index < -0.39 is 35.6 Å². The van der Waals surface area contributed by atoms with Crippen LogP contribution in [-0.2, 0) is 41.8 Å². The molecule has 9 heteroatoms. The van der Waals surface area contributed by atoms with E-state index in [1.165, 1.54) is 0 Å². The minimum atomic E-state index is -1.11. The molecule has 35 heavy (non-hydrogen) atoms. The van der Waals surface area contributed by atoms with Gasteiger partial charge in [0.25, 0.3) is 0 Å². The number of carbonyl (C=O) groups excluding carboxylic acids is 4. The van der Waals surface area contributed by atoms with Crippen molar-refractivity contribution in [3.05, 3.63) is 71.8 Å². The lowest BCUT2D eigenvalue weighted by Gasteiger charge is -2.23. The van der Waals surface area contributed by atoms with E-state index in [0.717, 1.165) is 11.1 Å². The Labute approximate surface area is 205 Å². The standard InChI is InChI=1S/C26H32N2O7/c1-26(2,3)35-25(32)28-21(24(31)34-18-20-12-8-5-9-13-20)14-15-22(29)27-16-23(30)33-17-19-10-6-4-7-11-19/h4-13,21H,14-18H2,1-3H3,(H,27,29)(H,28,32). The van der Waals surface area contributed by atoms with Crippen LogP contribution >= 0.6 is 0 Å². The van der Waals surface area contributed by atoms with Crippen molar-refractivity contribution in [2.45, 2.75) is 58.5 Å². The maximum atomic E-state index is 12.6. The van der Waals surface area contributed by atoms with Crippen LogP contribution in [0.3, 0.4) is 0 Å². The normalized spacial score (nSPS) is 11.6. The number of nitrogens with one attached hydrogen (secondary N) is 2. The molecule has 0 aromatic heterocycles. The van der Waals surface area contributed by atoms with Crippen molar-refractivity contribution in [3.8, 4) is 0 Å². The van der Waals surface area contributed by atoms with E-state index in [-0.39, 0.29) is 32.6 Å². The largest absolute Gasteiger partial charge is 0.460 e. The van der Waals surface area contributed by atoms with Crippen LogP contribution in [0.25, 0.3) is 0 Å². The SMILES string of the molecule is CC(C)(C)OC(=O)NC(CCC(=O)NCC(=O)OCc1ccccc1)C(=O)OCc1ccccc1. The van der Waals surface area contributed by atoms with Crippen molar-refractivity contribution in [2.24, 2.45) is 0 Å². The zero-order valence-electron chi connectivity index (χ0n) is 20.2. The lowest BCUT2D eigenvalue weighted by Crippen LogP contribution is -2.45. The van der Waals surface area contributed by atoms with E-state index in [4.69, 9.17) is 14.2 Å². The quantitative estimate of drug-likeness (QED) is 0.371. The molecule has 188 valence electrons. The van der Waals surface area contributed by atoms with Crippen LogP contribution in [0, 0.1) is 0 Å². The molecule has 0 saturated heterocycles. The Morgan fingerprint density at radius 2 is 1.37 bits per heavy atom. The van der Waals surface area contributed by atoms with Crippen molar-refractivity contribution in [1.29, 1.82) is 0 Å². The average molecular weight is 485 g/mol. The van der Waals surface area contributed by atoms with Gasteiger partial charge in [-0.2, -0.15) is 0 Å². The van der Waals surface area contributed by atoms with E-state index >= 15 is 0 Å². The number of alkyl carbamates (subject to hydrolysis) is 1. The van der Waals surface area contributed by atoms with Crippen molar-refractivity contribution < 1.29 is 33.4 Å². The van der Waals surface area contributed by atoms with Gasteiger partial charge in [-0.3, -0.25) is 9.59 Å². The lowest BCUT2D eigenvalue weighted by atomic mass is 10.1. The van der Waals surface area contributed by atoms with Gasteiger partial charge in [0.15, 0.2) is 0 Å². The molecule has 0 aliphatic heterocycles. The molecule has 2 amide bonds. The van der Waals surface area contributed by atoms with E-state index in [1.807, 2.05) is 48.5 Å². The number of amides is 2. The minimum absolute atomic E-state index is 0.0195. The molecule has 0 fully saturated rings. The fraction of sp³-hybridized carbons (Fsp3) is 0.385. The van der Waals surface area contributed by atoms with Gasteiger partial charge in [-0.25, -0.2) is 9.59 Å². The van der Waals surface area contributed by atoms with Crippen molar-refractivity contribution in [3.63, 3.8) is 0 Å². The van der Waals surface area contributed by atoms with Crippen LogP contribution in [-0.4, -0.2) is 42.1 Å². The molecule has 2 aromatic rings. The highest BCUT2D eigenvalue weighted by Crippen LogP contribution is 2.10. The summed E-state index contributed by atoms with van der Waals surface area (Å²) in [5.74, 6) is -1.77. The van der Waals surface area contributed by atoms with Gasteiger partial charge in [0.2, 0.25) is 5.91 Å². The van der Waals surface area contributed by atoms with Crippen LogP contribution < -0.4 is 10.6 Å². The van der Waals surface area contributed by atoms with Crippen LogP contribution in [0.2, 0.25) is 0 Å². The molecule has 1 unspecified atom stereocenters. The van der Waals surface area contributed by atoms with Gasteiger partial charge < -0.3 is 24.8 Å². The summed E-state index contributed by atoms with van der Waals surface area (Å²) in [6.45, 7) is 4.89. The predicted molar refractivity (Wildman–Crippen MR) is 128 cm³/mol. The lowest BCUT2D eigenvalue weighted by molar-refractivity contribution is -0.148. The Bertz CT molecular complexity index is 972. The third-order valence-electron chi connectivity index (χ3n) is 4.53. The number of carbonyl (C=O) groups is 4. The van der Waals surface area contributed by atoms with E-state index in [0.29, 0.717) is 0 Å². The molecule has 0 saturated carbocycles. The summed E-state index contributed by atoms with van der Waals surface area (Å²) >= 11 is 0. The second kappa shape index (κ2) is 13.7. The highest BCUT2D eigenvalue weighted by Gasteiger charge is 2.26. The van der Waals surface area contributed by atoms with Gasteiger partial charge in [0, 0.05) is 6.42 Å². The molecule has 9 nitrogen and oxygen atoms in total. The summed E-state index contributed by atoms with van der Waals surface area (Å²) < 4.78 is 15.6. The third-order valence-corrected chi connectivity index (χ3v) is 4.53. The summed E-state index contributed by atoms with van der Waals surface area (Å²) in [7, 11) is 0. The number of benzene rings is 2. The first-order valence-corrected chi connectivity index (χ1v) is 11.3. The molecule has 2 aromatic carbocycles. The molecular formula is C26H32N2O7. The molecule has 0 bridgehead atoms. The summed E-state index contributed by atoms with van der Waals surface area (Å²) in [5, 5.41) is 4.91. The Kier molecular flexibility index (Phi) is 10.7. The minimum Gasteiger partial charge on any atom is -0.460 e.